The standard InChI is InChI=1S/C10H10ClN5O/c11-8-3-1-2-7(4-8)5-16-6-13-10(14-16)9(12)15-17/h1-4,6,17H,5H2,(H2,12,15). The normalized spacial score (nSPS) is 11.7. The van der Waals surface area contributed by atoms with Crippen LogP contribution in [0.5, 0.6) is 0 Å². The number of hydrogen-bond acceptors (Lipinski definition) is 4. The van der Waals surface area contributed by atoms with Crippen LogP contribution >= 0.6 is 11.6 Å². The van der Waals surface area contributed by atoms with Crippen molar-refractivity contribution in [1.82, 2.24) is 14.8 Å². The fourth-order valence-corrected chi connectivity index (χ4v) is 1.57. The summed E-state index contributed by atoms with van der Waals surface area (Å²) in [7, 11) is 0. The Morgan fingerprint density at radius 2 is 2.35 bits per heavy atom. The molecule has 0 spiro atoms. The fourth-order valence-electron chi connectivity index (χ4n) is 1.36. The molecule has 7 heteroatoms. The van der Waals surface area contributed by atoms with Gasteiger partial charge in [0.25, 0.3) is 0 Å². The maximum atomic E-state index is 8.48. The predicted octanol–water partition coefficient (Wildman–Crippen LogP) is 1.07. The summed E-state index contributed by atoms with van der Waals surface area (Å²) in [6.45, 7) is 0.520. The molecule has 88 valence electrons. The topological polar surface area (TPSA) is 89.3 Å². The minimum atomic E-state index is -0.116. The lowest BCUT2D eigenvalue weighted by molar-refractivity contribution is 0.318. The van der Waals surface area contributed by atoms with Crippen LogP contribution in [0.4, 0.5) is 0 Å². The van der Waals surface area contributed by atoms with Gasteiger partial charge in [0.2, 0.25) is 11.7 Å². The van der Waals surface area contributed by atoms with E-state index in [2.05, 4.69) is 15.2 Å². The molecular formula is C10H10ClN5O. The van der Waals surface area contributed by atoms with Crippen molar-refractivity contribution >= 4 is 17.4 Å². The lowest BCUT2D eigenvalue weighted by atomic mass is 10.2. The van der Waals surface area contributed by atoms with Gasteiger partial charge in [-0.1, -0.05) is 28.9 Å². The Hall–Kier alpha value is -2.08. The Bertz CT molecular complexity index is 551. The molecule has 3 N–H and O–H groups in total. The molecule has 0 amide bonds. The molecule has 0 atom stereocenters. The second-order valence-corrected chi connectivity index (χ2v) is 3.82. The lowest BCUT2D eigenvalue weighted by Crippen LogP contribution is -2.15. The molecule has 6 nitrogen and oxygen atoms in total. The zero-order valence-electron chi connectivity index (χ0n) is 8.79. The van der Waals surface area contributed by atoms with E-state index in [9.17, 15) is 0 Å². The summed E-state index contributed by atoms with van der Waals surface area (Å²) in [5, 5.41) is 16.0. The number of rotatable bonds is 3. The monoisotopic (exact) mass is 251 g/mol. The molecule has 1 heterocycles. The fraction of sp³-hybridized carbons (Fsp3) is 0.100. The minimum Gasteiger partial charge on any atom is -0.409 e. The van der Waals surface area contributed by atoms with Crippen molar-refractivity contribution in [1.29, 1.82) is 0 Å². The Balaban J connectivity index is 2.17. The summed E-state index contributed by atoms with van der Waals surface area (Å²) >= 11 is 5.87. The van der Waals surface area contributed by atoms with Crippen LogP contribution in [-0.2, 0) is 6.54 Å². The van der Waals surface area contributed by atoms with Gasteiger partial charge in [0, 0.05) is 5.02 Å². The van der Waals surface area contributed by atoms with E-state index >= 15 is 0 Å². The zero-order chi connectivity index (χ0) is 12.3. The van der Waals surface area contributed by atoms with Crippen molar-refractivity contribution in [3.63, 3.8) is 0 Å². The first kappa shape index (κ1) is 11.4. The predicted molar refractivity (Wildman–Crippen MR) is 63.1 cm³/mol. The Morgan fingerprint density at radius 3 is 3.06 bits per heavy atom. The van der Waals surface area contributed by atoms with Crippen LogP contribution in [0.2, 0.25) is 5.02 Å². The molecule has 1 aromatic carbocycles. The zero-order valence-corrected chi connectivity index (χ0v) is 9.54. The Morgan fingerprint density at radius 1 is 1.53 bits per heavy atom. The summed E-state index contributed by atoms with van der Waals surface area (Å²) in [6, 6.07) is 7.43. The van der Waals surface area contributed by atoms with Crippen molar-refractivity contribution in [3.05, 3.63) is 47.0 Å². The number of halogens is 1. The van der Waals surface area contributed by atoms with Crippen molar-refractivity contribution in [3.8, 4) is 0 Å². The van der Waals surface area contributed by atoms with Gasteiger partial charge in [-0.25, -0.2) is 9.67 Å². The van der Waals surface area contributed by atoms with Gasteiger partial charge in [-0.15, -0.1) is 5.10 Å². The molecule has 2 aromatic rings. The first-order chi connectivity index (χ1) is 8.19. The molecule has 2 rings (SSSR count). The summed E-state index contributed by atoms with van der Waals surface area (Å²) in [4.78, 5) is 3.91. The van der Waals surface area contributed by atoms with Crippen molar-refractivity contribution in [2.24, 2.45) is 10.9 Å². The van der Waals surface area contributed by atoms with Crippen LogP contribution in [0.25, 0.3) is 0 Å². The molecule has 1 aromatic heterocycles. The van der Waals surface area contributed by atoms with Crippen LogP contribution in [0.15, 0.2) is 35.7 Å². The van der Waals surface area contributed by atoms with Crippen LogP contribution in [0.3, 0.4) is 0 Å². The second-order valence-electron chi connectivity index (χ2n) is 3.38. The summed E-state index contributed by atoms with van der Waals surface area (Å²) in [5.41, 5.74) is 6.36. The van der Waals surface area contributed by atoms with Gasteiger partial charge in [0.05, 0.1) is 6.54 Å². The highest BCUT2D eigenvalue weighted by Crippen LogP contribution is 2.11. The summed E-state index contributed by atoms with van der Waals surface area (Å²) in [5.74, 6) is 0.0735. The van der Waals surface area contributed by atoms with Gasteiger partial charge < -0.3 is 10.9 Å². The molecule has 0 aliphatic rings. The summed E-state index contributed by atoms with van der Waals surface area (Å²) in [6.07, 6.45) is 1.51. The van der Waals surface area contributed by atoms with E-state index < -0.39 is 0 Å². The third-order valence-corrected chi connectivity index (χ3v) is 2.34. The van der Waals surface area contributed by atoms with Gasteiger partial charge >= 0.3 is 0 Å². The van der Waals surface area contributed by atoms with Crippen LogP contribution in [0, 0.1) is 0 Å². The molecule has 0 aliphatic heterocycles. The lowest BCUT2D eigenvalue weighted by Gasteiger charge is -2.01. The van der Waals surface area contributed by atoms with Gasteiger partial charge in [0.15, 0.2) is 0 Å². The molecule has 0 fully saturated rings. The maximum absolute atomic E-state index is 8.48. The maximum Gasteiger partial charge on any atom is 0.219 e. The average molecular weight is 252 g/mol. The molecule has 0 bridgehead atoms. The number of nitrogens with zero attached hydrogens (tertiary/aromatic N) is 4. The smallest absolute Gasteiger partial charge is 0.219 e. The number of aromatic nitrogens is 3. The van der Waals surface area contributed by atoms with E-state index in [0.717, 1.165) is 5.56 Å². The van der Waals surface area contributed by atoms with Gasteiger partial charge in [-0.2, -0.15) is 0 Å². The highest BCUT2D eigenvalue weighted by molar-refractivity contribution is 6.30. The van der Waals surface area contributed by atoms with Crippen molar-refractivity contribution in [2.75, 3.05) is 0 Å². The average Bonchev–Trinajstić information content (AvgIpc) is 2.76. The van der Waals surface area contributed by atoms with E-state index in [1.54, 1.807) is 10.7 Å². The van der Waals surface area contributed by atoms with Crippen LogP contribution in [-0.4, -0.2) is 25.8 Å². The number of hydrogen-bond donors (Lipinski definition) is 2. The molecule has 0 radical (unpaired) electrons. The van der Waals surface area contributed by atoms with E-state index in [-0.39, 0.29) is 11.7 Å². The third-order valence-electron chi connectivity index (χ3n) is 2.11. The first-order valence-electron chi connectivity index (χ1n) is 4.81. The third kappa shape index (κ3) is 2.73. The highest BCUT2D eigenvalue weighted by atomic mass is 35.5. The van der Waals surface area contributed by atoms with E-state index in [0.29, 0.717) is 11.6 Å². The Kier molecular flexibility index (Phi) is 3.24. The second kappa shape index (κ2) is 4.84. The van der Waals surface area contributed by atoms with Crippen LogP contribution < -0.4 is 5.73 Å². The largest absolute Gasteiger partial charge is 0.409 e. The van der Waals surface area contributed by atoms with E-state index in [1.165, 1.54) is 6.33 Å². The molecule has 0 aliphatic carbocycles. The first-order valence-corrected chi connectivity index (χ1v) is 5.18. The van der Waals surface area contributed by atoms with E-state index in [1.807, 2.05) is 18.2 Å². The van der Waals surface area contributed by atoms with Gasteiger partial charge in [-0.3, -0.25) is 0 Å². The number of amidine groups is 1. The van der Waals surface area contributed by atoms with E-state index in [4.69, 9.17) is 22.5 Å². The molecule has 0 unspecified atom stereocenters. The van der Waals surface area contributed by atoms with Crippen molar-refractivity contribution in [2.45, 2.75) is 6.54 Å². The molecule has 0 saturated heterocycles. The van der Waals surface area contributed by atoms with Crippen molar-refractivity contribution < 1.29 is 5.21 Å². The number of nitrogens with two attached hydrogens (primary N) is 1. The highest BCUT2D eigenvalue weighted by Gasteiger charge is 2.06. The Labute approximate surface area is 102 Å². The number of oxime groups is 1. The minimum absolute atomic E-state index is 0.116. The van der Waals surface area contributed by atoms with Gasteiger partial charge in [0.1, 0.15) is 6.33 Å². The SMILES string of the molecule is NC(=NO)c1ncn(Cc2cccc(Cl)c2)n1. The number of benzene rings is 1. The molecule has 17 heavy (non-hydrogen) atoms. The van der Waals surface area contributed by atoms with Crippen LogP contribution in [0.1, 0.15) is 11.4 Å². The van der Waals surface area contributed by atoms with Gasteiger partial charge in [-0.05, 0) is 17.7 Å². The quantitative estimate of drug-likeness (QED) is 0.370. The molecule has 0 saturated carbocycles. The molecular weight excluding hydrogens is 242 g/mol. The summed E-state index contributed by atoms with van der Waals surface area (Å²) < 4.78 is 1.58.